The summed E-state index contributed by atoms with van der Waals surface area (Å²) < 4.78 is 1.99. The number of fused-ring (bicyclic) bond motifs is 2. The topological polar surface area (TPSA) is 34.9 Å². The molecule has 0 bridgehead atoms. The Hall–Kier alpha value is -1.90. The molecule has 0 unspecified atom stereocenters. The third kappa shape index (κ3) is 3.36. The van der Waals surface area contributed by atoms with E-state index in [0.29, 0.717) is 30.0 Å². The number of nitrogens with zero attached hydrogens (tertiary/aromatic N) is 2. The molecule has 4 rings (SSSR count). The minimum Gasteiger partial charge on any atom is -0.300 e. The van der Waals surface area contributed by atoms with Crippen LogP contribution in [-0.2, 0) is 11.8 Å². The van der Waals surface area contributed by atoms with Crippen molar-refractivity contribution in [2.45, 2.75) is 52.9 Å². The summed E-state index contributed by atoms with van der Waals surface area (Å²) in [7, 11) is 2.03. The molecule has 0 spiro atoms. The SMILES string of the molecule is Cn1nc(C2=C[C@@H]3C[C@H](CC(=O)CC(C)(C)C)C[C@@H]3C2)c2ccccc21. The molecule has 1 aromatic carbocycles. The summed E-state index contributed by atoms with van der Waals surface area (Å²) in [6.45, 7) is 6.46. The summed E-state index contributed by atoms with van der Waals surface area (Å²) in [5.74, 6) is 2.37. The molecule has 2 aliphatic carbocycles. The van der Waals surface area contributed by atoms with Gasteiger partial charge >= 0.3 is 0 Å². The monoisotopic (exact) mass is 350 g/mol. The van der Waals surface area contributed by atoms with Crippen LogP contribution in [0.15, 0.2) is 30.3 Å². The Bertz CT molecular complexity index is 868. The second-order valence-corrected chi connectivity index (χ2v) is 9.63. The van der Waals surface area contributed by atoms with Crippen molar-refractivity contribution in [2.75, 3.05) is 0 Å². The Kier molecular flexibility index (Phi) is 4.29. The molecule has 2 aliphatic rings. The van der Waals surface area contributed by atoms with Gasteiger partial charge in [0.05, 0.1) is 11.2 Å². The van der Waals surface area contributed by atoms with Crippen LogP contribution in [-0.4, -0.2) is 15.6 Å². The summed E-state index contributed by atoms with van der Waals surface area (Å²) in [5.41, 5.74) is 3.89. The van der Waals surface area contributed by atoms with E-state index in [0.717, 1.165) is 18.5 Å². The van der Waals surface area contributed by atoms with Crippen LogP contribution in [0.5, 0.6) is 0 Å². The lowest BCUT2D eigenvalue weighted by Gasteiger charge is -2.18. The number of rotatable bonds is 4. The van der Waals surface area contributed by atoms with Gasteiger partial charge < -0.3 is 0 Å². The number of carbonyl (C=O) groups is 1. The van der Waals surface area contributed by atoms with E-state index in [1.807, 2.05) is 11.7 Å². The number of para-hydroxylation sites is 1. The molecule has 26 heavy (non-hydrogen) atoms. The molecule has 1 saturated carbocycles. The lowest BCUT2D eigenvalue weighted by Crippen LogP contribution is -2.15. The van der Waals surface area contributed by atoms with Crippen LogP contribution < -0.4 is 0 Å². The van der Waals surface area contributed by atoms with Crippen molar-refractivity contribution in [1.82, 2.24) is 9.78 Å². The van der Waals surface area contributed by atoms with E-state index >= 15 is 0 Å². The largest absolute Gasteiger partial charge is 0.300 e. The van der Waals surface area contributed by atoms with Crippen molar-refractivity contribution in [2.24, 2.45) is 30.2 Å². The molecule has 1 aromatic heterocycles. The molecule has 1 fully saturated rings. The van der Waals surface area contributed by atoms with Gasteiger partial charge in [0.2, 0.25) is 0 Å². The highest BCUT2D eigenvalue weighted by molar-refractivity contribution is 5.91. The van der Waals surface area contributed by atoms with Crippen LogP contribution in [0.2, 0.25) is 0 Å². The first-order valence-corrected chi connectivity index (χ1v) is 9.94. The zero-order valence-electron chi connectivity index (χ0n) is 16.5. The maximum Gasteiger partial charge on any atom is 0.133 e. The fourth-order valence-corrected chi connectivity index (χ4v) is 5.10. The number of allylic oxidation sites excluding steroid dienone is 2. The van der Waals surface area contributed by atoms with E-state index < -0.39 is 0 Å². The van der Waals surface area contributed by atoms with Gasteiger partial charge in [-0.05, 0) is 54.1 Å². The molecule has 3 nitrogen and oxygen atoms in total. The maximum absolute atomic E-state index is 12.3. The average Bonchev–Trinajstić information content (AvgIpc) is 3.17. The number of benzene rings is 1. The fraction of sp³-hybridized carbons (Fsp3) is 0.565. The highest BCUT2D eigenvalue weighted by Crippen LogP contribution is 2.49. The molecule has 0 saturated heterocycles. The smallest absolute Gasteiger partial charge is 0.133 e. The number of hydrogen-bond donors (Lipinski definition) is 0. The Morgan fingerprint density at radius 3 is 2.73 bits per heavy atom. The van der Waals surface area contributed by atoms with E-state index in [1.54, 1.807) is 0 Å². The van der Waals surface area contributed by atoms with Crippen LogP contribution >= 0.6 is 0 Å². The van der Waals surface area contributed by atoms with E-state index in [4.69, 9.17) is 5.10 Å². The van der Waals surface area contributed by atoms with Gasteiger partial charge in [0.25, 0.3) is 0 Å². The van der Waals surface area contributed by atoms with Crippen molar-refractivity contribution < 1.29 is 4.79 Å². The minimum absolute atomic E-state index is 0.110. The van der Waals surface area contributed by atoms with E-state index in [9.17, 15) is 4.79 Å². The maximum atomic E-state index is 12.3. The first-order valence-electron chi connectivity index (χ1n) is 9.94. The van der Waals surface area contributed by atoms with Crippen molar-refractivity contribution in [3.8, 4) is 0 Å². The molecule has 138 valence electrons. The molecular formula is C23H30N2O. The van der Waals surface area contributed by atoms with Gasteiger partial charge in [-0.15, -0.1) is 0 Å². The van der Waals surface area contributed by atoms with Gasteiger partial charge in [0.15, 0.2) is 0 Å². The number of aryl methyl sites for hydroxylation is 1. The Labute approximate surface area is 156 Å². The highest BCUT2D eigenvalue weighted by atomic mass is 16.1. The van der Waals surface area contributed by atoms with Gasteiger partial charge in [0.1, 0.15) is 5.78 Å². The van der Waals surface area contributed by atoms with Crippen LogP contribution in [0.25, 0.3) is 16.5 Å². The predicted molar refractivity (Wildman–Crippen MR) is 107 cm³/mol. The van der Waals surface area contributed by atoms with Gasteiger partial charge in [-0.2, -0.15) is 5.10 Å². The normalized spacial score (nSPS) is 25.5. The molecule has 0 N–H and O–H groups in total. The van der Waals surface area contributed by atoms with Crippen LogP contribution in [0, 0.1) is 23.2 Å². The number of ketones is 1. The summed E-state index contributed by atoms with van der Waals surface area (Å²) in [6, 6.07) is 8.49. The van der Waals surface area contributed by atoms with Crippen molar-refractivity contribution in [3.05, 3.63) is 36.0 Å². The summed E-state index contributed by atoms with van der Waals surface area (Å²) in [6.07, 6.45) is 7.45. The van der Waals surface area contributed by atoms with E-state index in [-0.39, 0.29) is 5.41 Å². The van der Waals surface area contributed by atoms with Crippen LogP contribution in [0.1, 0.15) is 58.6 Å². The van der Waals surface area contributed by atoms with Crippen molar-refractivity contribution in [1.29, 1.82) is 0 Å². The second kappa shape index (κ2) is 6.37. The molecule has 0 amide bonds. The van der Waals surface area contributed by atoms with Gasteiger partial charge in [0, 0.05) is 25.3 Å². The standard InChI is InChI=1S/C23H30N2O/c1-23(2,3)14-19(26)11-15-9-16-12-18(13-17(16)10-15)22-20-7-5-6-8-21(20)25(4)24-22/h5-8,12,15-17H,9-11,13-14H2,1-4H3/t15-,16-,17+/m0/s1. The second-order valence-electron chi connectivity index (χ2n) is 9.63. The Balaban J connectivity index is 1.46. The van der Waals surface area contributed by atoms with Crippen LogP contribution in [0.4, 0.5) is 0 Å². The molecule has 3 heteroatoms. The Morgan fingerprint density at radius 1 is 1.23 bits per heavy atom. The Morgan fingerprint density at radius 2 is 2.00 bits per heavy atom. The average molecular weight is 351 g/mol. The first-order chi connectivity index (χ1) is 12.3. The zero-order chi connectivity index (χ0) is 18.5. The quantitative estimate of drug-likeness (QED) is 0.740. The van der Waals surface area contributed by atoms with Crippen molar-refractivity contribution >= 4 is 22.3 Å². The van der Waals surface area contributed by atoms with Gasteiger partial charge in [-0.25, -0.2) is 0 Å². The molecule has 0 aliphatic heterocycles. The number of carbonyl (C=O) groups excluding carboxylic acids is 1. The van der Waals surface area contributed by atoms with Gasteiger partial charge in [-0.3, -0.25) is 9.48 Å². The third-order valence-electron chi connectivity index (χ3n) is 6.05. The summed E-state index contributed by atoms with van der Waals surface area (Å²) in [5, 5.41) is 6.06. The number of hydrogen-bond acceptors (Lipinski definition) is 2. The lowest BCUT2D eigenvalue weighted by molar-refractivity contribution is -0.121. The molecule has 0 radical (unpaired) electrons. The van der Waals surface area contributed by atoms with E-state index in [2.05, 4.69) is 51.1 Å². The summed E-state index contributed by atoms with van der Waals surface area (Å²) in [4.78, 5) is 12.3. The number of aromatic nitrogens is 2. The molecule has 3 atom stereocenters. The van der Waals surface area contributed by atoms with E-state index in [1.165, 1.54) is 29.3 Å². The predicted octanol–water partition coefficient (Wildman–Crippen LogP) is 5.40. The zero-order valence-corrected chi connectivity index (χ0v) is 16.5. The van der Waals surface area contributed by atoms with Gasteiger partial charge in [-0.1, -0.05) is 45.0 Å². The molecule has 1 heterocycles. The van der Waals surface area contributed by atoms with Crippen molar-refractivity contribution in [3.63, 3.8) is 0 Å². The first kappa shape index (κ1) is 17.5. The lowest BCUT2D eigenvalue weighted by atomic mass is 9.86. The minimum atomic E-state index is 0.110. The van der Waals surface area contributed by atoms with Crippen LogP contribution in [0.3, 0.4) is 0 Å². The number of Topliss-reactive ketones (excluding diaryl/α,β-unsaturated/α-hetero) is 1. The third-order valence-corrected chi connectivity index (χ3v) is 6.05. The molecular weight excluding hydrogens is 320 g/mol. The molecule has 2 aromatic rings. The highest BCUT2D eigenvalue weighted by Gasteiger charge is 2.39. The fourth-order valence-electron chi connectivity index (χ4n) is 5.10. The summed E-state index contributed by atoms with van der Waals surface area (Å²) >= 11 is 0.